The van der Waals surface area contributed by atoms with Crippen LogP contribution in [0.25, 0.3) is 43.6 Å². The summed E-state index contributed by atoms with van der Waals surface area (Å²) in [5.41, 5.74) is 7.11. The molecule has 2 heterocycles. The summed E-state index contributed by atoms with van der Waals surface area (Å²) in [7, 11) is 3.48. The van der Waals surface area contributed by atoms with Crippen LogP contribution in [0.5, 0.6) is 0 Å². The fourth-order valence-electron chi connectivity index (χ4n) is 9.19. The molecule has 2 amide bonds. The number of hydrogen-bond acceptors (Lipinski definition) is 4. The van der Waals surface area contributed by atoms with Crippen LogP contribution in [0.3, 0.4) is 0 Å². The maximum absolute atomic E-state index is 14.4. The SMILES string of the molecule is Cc1cc2[nH]c(=O)[nH]c2cc1C(=O)NC1(c2cccc3cc(C4CC4(NC(=O)c4cc5c(cc4C)n(C)c(=O)n5C)c4cccc5ccccc45)ccc23)CC1. The fraction of sp³-hybridized carbons (Fsp3) is 0.217. The molecule has 2 aliphatic rings. The van der Waals surface area contributed by atoms with Gasteiger partial charge in [-0.05, 0) is 107 Å². The zero-order chi connectivity index (χ0) is 38.7. The van der Waals surface area contributed by atoms with E-state index in [9.17, 15) is 19.2 Å². The van der Waals surface area contributed by atoms with Gasteiger partial charge in [0.05, 0.1) is 33.1 Å². The number of amides is 2. The average molecular weight is 741 g/mol. The first-order chi connectivity index (χ1) is 27.0. The van der Waals surface area contributed by atoms with Crippen molar-refractivity contribution in [2.75, 3.05) is 0 Å². The maximum atomic E-state index is 14.4. The van der Waals surface area contributed by atoms with Crippen LogP contribution in [0.15, 0.2) is 113 Å². The van der Waals surface area contributed by atoms with Crippen LogP contribution < -0.4 is 22.0 Å². The lowest BCUT2D eigenvalue weighted by molar-refractivity contribution is 0.0921. The van der Waals surface area contributed by atoms with E-state index in [1.54, 1.807) is 29.3 Å². The number of rotatable bonds is 7. The quantitative estimate of drug-likeness (QED) is 0.138. The Kier molecular flexibility index (Phi) is 7.20. The number of aryl methyl sites for hydroxylation is 4. The highest BCUT2D eigenvalue weighted by atomic mass is 16.2. The van der Waals surface area contributed by atoms with Crippen molar-refractivity contribution in [2.45, 2.75) is 50.1 Å². The highest BCUT2D eigenvalue weighted by Crippen LogP contribution is 2.60. The second-order valence-corrected chi connectivity index (χ2v) is 15.9. The van der Waals surface area contributed by atoms with E-state index in [0.717, 1.165) is 74.1 Å². The number of hydrogen-bond donors (Lipinski definition) is 4. The number of fused-ring (bicyclic) bond motifs is 4. The number of benzene rings is 6. The molecular weight excluding hydrogens is 701 g/mol. The van der Waals surface area contributed by atoms with Crippen LogP contribution in [0, 0.1) is 13.8 Å². The van der Waals surface area contributed by atoms with E-state index in [4.69, 9.17) is 0 Å². The van der Waals surface area contributed by atoms with Crippen molar-refractivity contribution in [3.8, 4) is 0 Å². The lowest BCUT2D eigenvalue weighted by Crippen LogP contribution is -2.37. The minimum Gasteiger partial charge on any atom is -0.342 e. The predicted molar refractivity (Wildman–Crippen MR) is 219 cm³/mol. The second kappa shape index (κ2) is 11.9. The zero-order valence-corrected chi connectivity index (χ0v) is 31.5. The van der Waals surface area contributed by atoms with Gasteiger partial charge in [-0.2, -0.15) is 0 Å². The van der Waals surface area contributed by atoms with Crippen molar-refractivity contribution in [3.63, 3.8) is 0 Å². The van der Waals surface area contributed by atoms with Crippen LogP contribution in [0.4, 0.5) is 0 Å². The van der Waals surface area contributed by atoms with Gasteiger partial charge in [0.1, 0.15) is 0 Å². The molecule has 10 nitrogen and oxygen atoms in total. The van der Waals surface area contributed by atoms with Crippen LogP contribution >= 0.6 is 0 Å². The summed E-state index contributed by atoms with van der Waals surface area (Å²) in [4.78, 5) is 58.4. The highest BCUT2D eigenvalue weighted by Gasteiger charge is 2.58. The molecule has 0 aliphatic heterocycles. The normalized spacial score (nSPS) is 18.5. The third kappa shape index (κ3) is 5.08. The van der Waals surface area contributed by atoms with Crippen LogP contribution in [0.1, 0.15) is 73.7 Å². The Labute approximate surface area is 321 Å². The van der Waals surface area contributed by atoms with Gasteiger partial charge in [0.15, 0.2) is 0 Å². The number of imidazole rings is 2. The Hall–Kier alpha value is -6.68. The molecule has 2 aromatic heterocycles. The van der Waals surface area contributed by atoms with E-state index in [2.05, 4.69) is 87.3 Å². The van der Waals surface area contributed by atoms with Gasteiger partial charge in [-0.25, -0.2) is 9.59 Å². The minimum atomic E-state index is -0.665. The number of aromatic amines is 2. The minimum absolute atomic E-state index is 0.00258. The van der Waals surface area contributed by atoms with Gasteiger partial charge in [0, 0.05) is 31.1 Å². The number of aromatic nitrogens is 4. The summed E-state index contributed by atoms with van der Waals surface area (Å²) in [6, 6.07) is 34.7. The van der Waals surface area contributed by atoms with Gasteiger partial charge in [0.25, 0.3) is 11.8 Å². The number of carbonyl (C=O) groups excluding carboxylic acids is 2. The molecule has 8 aromatic rings. The Morgan fingerprint density at radius 3 is 2.04 bits per heavy atom. The molecule has 0 spiro atoms. The monoisotopic (exact) mass is 740 g/mol. The van der Waals surface area contributed by atoms with Gasteiger partial charge >= 0.3 is 11.4 Å². The number of nitrogens with zero attached hydrogens (tertiary/aromatic N) is 2. The molecule has 10 rings (SSSR count). The van der Waals surface area contributed by atoms with Crippen molar-refractivity contribution in [3.05, 3.63) is 163 Å². The number of carbonyl (C=O) groups is 2. The standard InChI is InChI=1S/C46H40N6O4/c1-25-19-37-38(48-43(55)47-37)22-32(25)41(53)49-45(17-18-45)34-13-8-11-28-21-29(15-16-31(28)34)36-24-46(36,35-14-7-10-27-9-5-6-12-30(27)35)50-42(54)33-23-40-39(20-26(33)2)51(3)44(56)52(40)4/h5-16,19-23,36H,17-18,24H2,1-4H3,(H,49,53)(H,50,54)(H2,47,48,55). The second-order valence-electron chi connectivity index (χ2n) is 15.9. The van der Waals surface area contributed by atoms with E-state index in [1.807, 2.05) is 44.2 Å². The summed E-state index contributed by atoms with van der Waals surface area (Å²) in [6.07, 6.45) is 2.37. The van der Waals surface area contributed by atoms with Crippen LogP contribution in [-0.4, -0.2) is 30.9 Å². The largest absolute Gasteiger partial charge is 0.342 e. The Balaban J connectivity index is 1.01. The summed E-state index contributed by atoms with van der Waals surface area (Å²) in [5.74, 6) is -0.347. The van der Waals surface area contributed by atoms with Gasteiger partial charge in [-0.3, -0.25) is 18.7 Å². The molecule has 0 radical (unpaired) electrons. The van der Waals surface area contributed by atoms with Crippen LogP contribution in [0.2, 0.25) is 0 Å². The van der Waals surface area contributed by atoms with Gasteiger partial charge < -0.3 is 20.6 Å². The van der Waals surface area contributed by atoms with Gasteiger partial charge in [-0.1, -0.05) is 78.9 Å². The molecule has 2 atom stereocenters. The van der Waals surface area contributed by atoms with Crippen LogP contribution in [-0.2, 0) is 25.2 Å². The Morgan fingerprint density at radius 2 is 1.27 bits per heavy atom. The molecule has 56 heavy (non-hydrogen) atoms. The molecule has 278 valence electrons. The number of H-pyrrole nitrogens is 2. The Bertz CT molecular complexity index is 3120. The van der Waals surface area contributed by atoms with Crippen molar-refractivity contribution in [1.82, 2.24) is 29.7 Å². The molecular formula is C46H40N6O4. The van der Waals surface area contributed by atoms with Crippen molar-refractivity contribution < 1.29 is 9.59 Å². The summed E-state index contributed by atoms with van der Waals surface area (Å²) >= 11 is 0. The molecule has 2 saturated carbocycles. The molecule has 0 saturated heterocycles. The van der Waals surface area contributed by atoms with E-state index in [1.165, 1.54) is 0 Å². The van der Waals surface area contributed by atoms with E-state index in [-0.39, 0.29) is 29.1 Å². The topological polar surface area (TPSA) is 134 Å². The highest BCUT2D eigenvalue weighted by molar-refractivity contribution is 6.02. The predicted octanol–water partition coefficient (Wildman–Crippen LogP) is 7.20. The Morgan fingerprint density at radius 1 is 0.661 bits per heavy atom. The first-order valence-corrected chi connectivity index (χ1v) is 19.0. The third-order valence-electron chi connectivity index (χ3n) is 12.5. The van der Waals surface area contributed by atoms with E-state index in [0.29, 0.717) is 27.7 Å². The van der Waals surface area contributed by atoms with Gasteiger partial charge in [0.2, 0.25) is 0 Å². The molecule has 10 heteroatoms. The lowest BCUT2D eigenvalue weighted by Gasteiger charge is -2.24. The van der Waals surface area contributed by atoms with Crippen molar-refractivity contribution in [2.24, 2.45) is 14.1 Å². The first kappa shape index (κ1) is 33.9. The van der Waals surface area contributed by atoms with Crippen molar-refractivity contribution >= 4 is 55.4 Å². The molecule has 0 bridgehead atoms. The molecule has 2 aliphatic carbocycles. The first-order valence-electron chi connectivity index (χ1n) is 19.0. The summed E-state index contributed by atoms with van der Waals surface area (Å²) in [6.45, 7) is 3.80. The zero-order valence-electron chi connectivity index (χ0n) is 31.5. The van der Waals surface area contributed by atoms with E-state index >= 15 is 0 Å². The summed E-state index contributed by atoms with van der Waals surface area (Å²) in [5, 5.41) is 11.2. The van der Waals surface area contributed by atoms with E-state index < -0.39 is 11.1 Å². The van der Waals surface area contributed by atoms with Crippen molar-refractivity contribution in [1.29, 1.82) is 0 Å². The molecule has 2 unspecified atom stereocenters. The molecule has 4 N–H and O–H groups in total. The van der Waals surface area contributed by atoms with Gasteiger partial charge in [-0.15, -0.1) is 0 Å². The fourth-order valence-corrected chi connectivity index (χ4v) is 9.19. The lowest BCUT2D eigenvalue weighted by atomic mass is 9.91. The molecule has 2 fully saturated rings. The molecule has 6 aromatic carbocycles. The summed E-state index contributed by atoms with van der Waals surface area (Å²) < 4.78 is 3.19. The maximum Gasteiger partial charge on any atom is 0.328 e. The smallest absolute Gasteiger partial charge is 0.328 e. The average Bonchev–Trinajstić information content (AvgIpc) is 4.09. The third-order valence-corrected chi connectivity index (χ3v) is 12.5. The number of nitrogens with one attached hydrogen (secondary N) is 4.